The van der Waals surface area contributed by atoms with Crippen LogP contribution in [0.5, 0.6) is 11.5 Å². The molecule has 8 heteroatoms. The van der Waals surface area contributed by atoms with E-state index in [2.05, 4.69) is 5.32 Å². The van der Waals surface area contributed by atoms with Crippen LogP contribution in [-0.2, 0) is 0 Å². The van der Waals surface area contributed by atoms with E-state index in [9.17, 15) is 18.3 Å². The first-order valence-electron chi connectivity index (χ1n) is 6.89. The van der Waals surface area contributed by atoms with Gasteiger partial charge in [0.1, 0.15) is 0 Å². The molecule has 0 saturated carbocycles. The van der Waals surface area contributed by atoms with Gasteiger partial charge in [0, 0.05) is 32.2 Å². The number of methoxy groups -OCH3 is 1. The van der Waals surface area contributed by atoms with Crippen LogP contribution in [0.3, 0.4) is 0 Å². The number of hydrogen-bond donors (Lipinski definition) is 2. The Morgan fingerprint density at radius 1 is 1.36 bits per heavy atom. The van der Waals surface area contributed by atoms with Crippen molar-refractivity contribution in [3.8, 4) is 11.5 Å². The summed E-state index contributed by atoms with van der Waals surface area (Å²) >= 11 is 5.91. The Bertz CT molecular complexity index is 520. The molecule has 0 bridgehead atoms. The summed E-state index contributed by atoms with van der Waals surface area (Å²) < 4.78 is 43.8. The van der Waals surface area contributed by atoms with Gasteiger partial charge < -0.3 is 15.2 Å². The lowest BCUT2D eigenvalue weighted by Gasteiger charge is -2.36. The van der Waals surface area contributed by atoms with Crippen molar-refractivity contribution in [1.29, 1.82) is 0 Å². The normalized spacial score (nSPS) is 18.2. The lowest BCUT2D eigenvalue weighted by Crippen LogP contribution is -2.46. The van der Waals surface area contributed by atoms with Crippen LogP contribution in [0.1, 0.15) is 18.0 Å². The first kappa shape index (κ1) is 17.2. The van der Waals surface area contributed by atoms with E-state index in [0.717, 1.165) is 0 Å². The molecule has 4 nitrogen and oxygen atoms in total. The van der Waals surface area contributed by atoms with Crippen molar-refractivity contribution in [2.75, 3.05) is 33.3 Å². The second-order valence-corrected chi connectivity index (χ2v) is 5.58. The van der Waals surface area contributed by atoms with Crippen LogP contribution in [0.4, 0.5) is 13.2 Å². The van der Waals surface area contributed by atoms with Crippen LogP contribution >= 0.6 is 11.6 Å². The van der Waals surface area contributed by atoms with Crippen LogP contribution in [0.2, 0.25) is 5.02 Å². The molecule has 1 aromatic rings. The van der Waals surface area contributed by atoms with Crippen LogP contribution in [0.25, 0.3) is 0 Å². The molecule has 1 aliphatic heterocycles. The quantitative estimate of drug-likeness (QED) is 0.886. The Hall–Kier alpha value is -1.18. The molecule has 2 rings (SSSR count). The highest BCUT2D eigenvalue weighted by atomic mass is 35.5. The van der Waals surface area contributed by atoms with E-state index >= 15 is 0 Å². The molecule has 0 aliphatic carbocycles. The number of aromatic hydroxyl groups is 1. The second kappa shape index (κ2) is 6.93. The third kappa shape index (κ3) is 4.18. The molecule has 2 N–H and O–H groups in total. The van der Waals surface area contributed by atoms with E-state index in [1.54, 1.807) is 4.90 Å². The summed E-state index contributed by atoms with van der Waals surface area (Å²) in [6, 6.07) is 1.94. The fourth-order valence-corrected chi connectivity index (χ4v) is 2.83. The average molecular weight is 339 g/mol. The smallest absolute Gasteiger partial charge is 0.390 e. The van der Waals surface area contributed by atoms with E-state index in [4.69, 9.17) is 16.3 Å². The standard InChI is InChI=1S/C14H18ClF3N2O2/c1-22-12-7-9(6-10(15)13(12)21)11(8-14(16,17)18)20-4-2-19-3-5-20/h6-7,11,19,21H,2-5,8H2,1H3/t11-/m1/s1. The monoisotopic (exact) mass is 338 g/mol. The maximum Gasteiger partial charge on any atom is 0.390 e. The summed E-state index contributed by atoms with van der Waals surface area (Å²) in [4.78, 5) is 1.77. The van der Waals surface area contributed by atoms with Gasteiger partial charge in [-0.3, -0.25) is 4.90 Å². The van der Waals surface area contributed by atoms with E-state index in [0.29, 0.717) is 31.7 Å². The number of benzene rings is 1. The number of alkyl halides is 3. The van der Waals surface area contributed by atoms with Crippen molar-refractivity contribution < 1.29 is 23.0 Å². The number of phenols is 1. The minimum Gasteiger partial charge on any atom is -0.503 e. The molecule has 1 fully saturated rings. The highest BCUT2D eigenvalue weighted by molar-refractivity contribution is 6.32. The van der Waals surface area contributed by atoms with Crippen LogP contribution in [0.15, 0.2) is 12.1 Å². The molecule has 0 unspecified atom stereocenters. The highest BCUT2D eigenvalue weighted by Gasteiger charge is 2.36. The van der Waals surface area contributed by atoms with Crippen molar-refractivity contribution in [3.63, 3.8) is 0 Å². The lowest BCUT2D eigenvalue weighted by atomic mass is 10.00. The number of rotatable bonds is 4. The molecule has 1 atom stereocenters. The molecule has 0 spiro atoms. The highest BCUT2D eigenvalue weighted by Crippen LogP contribution is 2.41. The minimum absolute atomic E-state index is 0.0170. The maximum atomic E-state index is 13.0. The number of phenolic OH excluding ortho intramolecular Hbond substituents is 1. The van der Waals surface area contributed by atoms with Gasteiger partial charge in [0.05, 0.1) is 18.6 Å². The summed E-state index contributed by atoms with van der Waals surface area (Å²) in [6.07, 6.45) is -5.27. The number of ether oxygens (including phenoxy) is 1. The zero-order chi connectivity index (χ0) is 16.3. The van der Waals surface area contributed by atoms with Gasteiger partial charge in [-0.25, -0.2) is 0 Å². The van der Waals surface area contributed by atoms with Gasteiger partial charge in [0.15, 0.2) is 11.5 Å². The van der Waals surface area contributed by atoms with E-state index < -0.39 is 18.6 Å². The minimum atomic E-state index is -4.30. The molecular weight excluding hydrogens is 321 g/mol. The number of nitrogens with one attached hydrogen (secondary N) is 1. The first-order chi connectivity index (χ1) is 10.3. The number of nitrogens with zero attached hydrogens (tertiary/aromatic N) is 1. The summed E-state index contributed by atoms with van der Waals surface area (Å²) in [7, 11) is 1.33. The summed E-state index contributed by atoms with van der Waals surface area (Å²) in [5, 5.41) is 12.8. The van der Waals surface area contributed by atoms with Gasteiger partial charge in [-0.2, -0.15) is 13.2 Å². The fourth-order valence-electron chi connectivity index (χ4n) is 2.61. The van der Waals surface area contributed by atoms with E-state index in [1.807, 2.05) is 0 Å². The molecule has 1 heterocycles. The third-order valence-electron chi connectivity index (χ3n) is 3.67. The largest absolute Gasteiger partial charge is 0.503 e. The number of piperazine rings is 1. The molecule has 1 aromatic carbocycles. The Labute approximate surface area is 131 Å². The Morgan fingerprint density at radius 3 is 2.55 bits per heavy atom. The Balaban J connectivity index is 2.37. The molecule has 0 amide bonds. The summed E-state index contributed by atoms with van der Waals surface area (Å²) in [5.74, 6) is -0.191. The van der Waals surface area contributed by atoms with E-state index in [-0.39, 0.29) is 16.5 Å². The Kier molecular flexibility index (Phi) is 5.41. The van der Waals surface area contributed by atoms with Crippen molar-refractivity contribution in [2.45, 2.75) is 18.6 Å². The molecule has 0 radical (unpaired) electrons. The predicted octanol–water partition coefficient (Wildman–Crippen LogP) is 2.95. The third-order valence-corrected chi connectivity index (χ3v) is 3.96. The van der Waals surface area contributed by atoms with Crippen molar-refractivity contribution in [1.82, 2.24) is 10.2 Å². The average Bonchev–Trinajstić information content (AvgIpc) is 2.47. The molecule has 0 aromatic heterocycles. The van der Waals surface area contributed by atoms with Crippen LogP contribution in [0, 0.1) is 0 Å². The predicted molar refractivity (Wildman–Crippen MR) is 77.5 cm³/mol. The van der Waals surface area contributed by atoms with Crippen LogP contribution < -0.4 is 10.1 Å². The molecule has 124 valence electrons. The summed E-state index contributed by atoms with van der Waals surface area (Å²) in [6.45, 7) is 2.30. The Morgan fingerprint density at radius 2 is 2.00 bits per heavy atom. The number of halogens is 4. The van der Waals surface area contributed by atoms with E-state index in [1.165, 1.54) is 19.2 Å². The molecular formula is C14H18ClF3N2O2. The van der Waals surface area contributed by atoms with Crippen molar-refractivity contribution in [3.05, 3.63) is 22.7 Å². The molecule has 1 aliphatic rings. The maximum absolute atomic E-state index is 13.0. The zero-order valence-electron chi connectivity index (χ0n) is 12.1. The molecule has 1 saturated heterocycles. The fraction of sp³-hybridized carbons (Fsp3) is 0.571. The van der Waals surface area contributed by atoms with Crippen LogP contribution in [-0.4, -0.2) is 49.5 Å². The van der Waals surface area contributed by atoms with Gasteiger partial charge in [-0.15, -0.1) is 0 Å². The zero-order valence-corrected chi connectivity index (χ0v) is 12.8. The van der Waals surface area contributed by atoms with Gasteiger partial charge in [-0.05, 0) is 17.7 Å². The van der Waals surface area contributed by atoms with Gasteiger partial charge >= 0.3 is 6.18 Å². The van der Waals surface area contributed by atoms with Gasteiger partial charge in [0.2, 0.25) is 0 Å². The topological polar surface area (TPSA) is 44.7 Å². The SMILES string of the molecule is COc1cc([C@@H](CC(F)(F)F)N2CCNCC2)cc(Cl)c1O. The van der Waals surface area contributed by atoms with Gasteiger partial charge in [0.25, 0.3) is 0 Å². The van der Waals surface area contributed by atoms with Crippen molar-refractivity contribution in [2.24, 2.45) is 0 Å². The van der Waals surface area contributed by atoms with Crippen molar-refractivity contribution >= 4 is 11.6 Å². The first-order valence-corrected chi connectivity index (χ1v) is 7.27. The van der Waals surface area contributed by atoms with Gasteiger partial charge in [-0.1, -0.05) is 11.6 Å². The lowest BCUT2D eigenvalue weighted by molar-refractivity contribution is -0.148. The second-order valence-electron chi connectivity index (χ2n) is 5.17. The summed E-state index contributed by atoms with van der Waals surface area (Å²) in [5.41, 5.74) is 0.388. The molecule has 22 heavy (non-hydrogen) atoms. The number of hydrogen-bond acceptors (Lipinski definition) is 4.